The zero-order valence-corrected chi connectivity index (χ0v) is 17.0. The molecule has 0 aliphatic rings. The van der Waals surface area contributed by atoms with Crippen LogP contribution in [0.3, 0.4) is 0 Å². The second-order valence-corrected chi connectivity index (χ2v) is 6.55. The summed E-state index contributed by atoms with van der Waals surface area (Å²) in [6, 6.07) is 13.5. The van der Waals surface area contributed by atoms with Crippen LogP contribution in [0.4, 0.5) is 0 Å². The van der Waals surface area contributed by atoms with Crippen LogP contribution in [0, 0.1) is 0 Å². The number of amides is 2. The maximum atomic E-state index is 12.2. The van der Waals surface area contributed by atoms with Gasteiger partial charge >= 0.3 is 5.97 Å². The molecular weight excluding hydrogens is 396 g/mol. The summed E-state index contributed by atoms with van der Waals surface area (Å²) in [5.41, 5.74) is 1.19. The molecule has 1 unspecified atom stereocenters. The van der Waals surface area contributed by atoms with Crippen LogP contribution >= 0.6 is 11.6 Å². The molecule has 2 N–H and O–H groups in total. The number of esters is 1. The summed E-state index contributed by atoms with van der Waals surface area (Å²) in [6.07, 6.45) is 0. The molecule has 1 atom stereocenters. The molecule has 7 nitrogen and oxygen atoms in total. The normalized spacial score (nSPS) is 11.3. The molecule has 0 aliphatic heterocycles. The number of nitrogens with one attached hydrogen (secondary N) is 2. The summed E-state index contributed by atoms with van der Waals surface area (Å²) in [5.74, 6) is -1.21. The second-order valence-electron chi connectivity index (χ2n) is 6.11. The van der Waals surface area contributed by atoms with Gasteiger partial charge in [-0.15, -0.1) is 0 Å². The number of carbonyl (C=O) groups excluding carboxylic acids is 3. The Balaban J connectivity index is 1.76. The predicted octanol–water partition coefficient (Wildman–Crippen LogP) is 2.89. The fourth-order valence-corrected chi connectivity index (χ4v) is 2.62. The maximum Gasteiger partial charge on any atom is 0.325 e. The van der Waals surface area contributed by atoms with Crippen LogP contribution in [0.15, 0.2) is 48.5 Å². The van der Waals surface area contributed by atoms with Gasteiger partial charge in [0.15, 0.2) is 6.61 Å². The number of rotatable bonds is 9. The van der Waals surface area contributed by atoms with Crippen molar-refractivity contribution >= 4 is 29.4 Å². The highest BCUT2D eigenvalue weighted by molar-refractivity contribution is 6.30. The van der Waals surface area contributed by atoms with Crippen molar-refractivity contribution in [1.29, 1.82) is 0 Å². The molecule has 0 aliphatic carbocycles. The molecule has 29 heavy (non-hydrogen) atoms. The third-order valence-electron chi connectivity index (χ3n) is 3.94. The fraction of sp³-hybridized carbons (Fsp3) is 0.286. The highest BCUT2D eigenvalue weighted by Crippen LogP contribution is 2.17. The predicted molar refractivity (Wildman–Crippen MR) is 109 cm³/mol. The first-order chi connectivity index (χ1) is 13.9. The molecule has 8 heteroatoms. The van der Waals surface area contributed by atoms with Gasteiger partial charge in [0.25, 0.3) is 11.8 Å². The minimum Gasteiger partial charge on any atom is -0.493 e. The summed E-state index contributed by atoms with van der Waals surface area (Å²) in [7, 11) is 0. The number of hydrogen-bond acceptors (Lipinski definition) is 5. The Morgan fingerprint density at radius 1 is 1.07 bits per heavy atom. The van der Waals surface area contributed by atoms with Crippen LogP contribution in [0.2, 0.25) is 5.02 Å². The minimum absolute atomic E-state index is 0.270. The average molecular weight is 419 g/mol. The van der Waals surface area contributed by atoms with Crippen LogP contribution < -0.4 is 15.4 Å². The van der Waals surface area contributed by atoms with E-state index in [-0.39, 0.29) is 12.6 Å². The molecule has 0 heterocycles. The van der Waals surface area contributed by atoms with Gasteiger partial charge in [0.1, 0.15) is 12.3 Å². The number of para-hydroxylation sites is 1. The van der Waals surface area contributed by atoms with Gasteiger partial charge in [0, 0.05) is 5.02 Å². The molecular formula is C21H23ClN2O5. The first-order valence-corrected chi connectivity index (χ1v) is 9.49. The van der Waals surface area contributed by atoms with Gasteiger partial charge in [0.05, 0.1) is 18.2 Å². The minimum atomic E-state index is -0.721. The molecule has 2 amide bonds. The van der Waals surface area contributed by atoms with Gasteiger partial charge in [-0.05, 0) is 43.7 Å². The van der Waals surface area contributed by atoms with Crippen LogP contribution in [0.1, 0.15) is 35.8 Å². The Bertz CT molecular complexity index is 854. The van der Waals surface area contributed by atoms with E-state index in [0.29, 0.717) is 22.9 Å². The standard InChI is InChI=1S/C21H23ClN2O5/c1-3-28-18-7-5-4-6-17(18)21(27)23-12-20(26)29-13-19(25)24-14(2)15-8-10-16(22)11-9-15/h4-11,14H,3,12-13H2,1-2H3,(H,23,27)(H,24,25). The first kappa shape index (κ1) is 22.2. The van der Waals surface area contributed by atoms with E-state index in [4.69, 9.17) is 21.1 Å². The third kappa shape index (κ3) is 7.12. The van der Waals surface area contributed by atoms with Crippen LogP contribution in [0.25, 0.3) is 0 Å². The summed E-state index contributed by atoms with van der Waals surface area (Å²) < 4.78 is 10.3. The van der Waals surface area contributed by atoms with E-state index in [1.165, 1.54) is 0 Å². The van der Waals surface area contributed by atoms with Crippen molar-refractivity contribution in [3.63, 3.8) is 0 Å². The van der Waals surface area contributed by atoms with E-state index in [9.17, 15) is 14.4 Å². The van der Waals surface area contributed by atoms with Gasteiger partial charge in [0.2, 0.25) is 0 Å². The highest BCUT2D eigenvalue weighted by Gasteiger charge is 2.15. The summed E-state index contributed by atoms with van der Waals surface area (Å²) in [6.45, 7) is 3.22. The van der Waals surface area contributed by atoms with Crippen LogP contribution in [0.5, 0.6) is 5.75 Å². The van der Waals surface area contributed by atoms with E-state index in [1.807, 2.05) is 6.92 Å². The lowest BCUT2D eigenvalue weighted by molar-refractivity contribution is -0.147. The summed E-state index contributed by atoms with van der Waals surface area (Å²) >= 11 is 5.84. The van der Waals surface area contributed by atoms with Gasteiger partial charge in [-0.3, -0.25) is 14.4 Å². The molecule has 2 rings (SSSR count). The van der Waals surface area contributed by atoms with Gasteiger partial charge in [-0.25, -0.2) is 0 Å². The van der Waals surface area contributed by atoms with Crippen molar-refractivity contribution in [1.82, 2.24) is 10.6 Å². The topological polar surface area (TPSA) is 93.7 Å². The molecule has 2 aromatic rings. The van der Waals surface area contributed by atoms with E-state index in [1.54, 1.807) is 55.5 Å². The van der Waals surface area contributed by atoms with Gasteiger partial charge < -0.3 is 20.1 Å². The Labute approximate surface area is 174 Å². The van der Waals surface area contributed by atoms with E-state index < -0.39 is 24.4 Å². The maximum absolute atomic E-state index is 12.2. The van der Waals surface area contributed by atoms with E-state index in [2.05, 4.69) is 10.6 Å². The van der Waals surface area contributed by atoms with Crippen molar-refractivity contribution < 1.29 is 23.9 Å². The van der Waals surface area contributed by atoms with Crippen LogP contribution in [-0.2, 0) is 14.3 Å². The molecule has 0 aromatic heterocycles. The monoisotopic (exact) mass is 418 g/mol. The van der Waals surface area contributed by atoms with Crippen molar-refractivity contribution in [2.45, 2.75) is 19.9 Å². The van der Waals surface area contributed by atoms with Crippen molar-refractivity contribution in [2.75, 3.05) is 19.8 Å². The van der Waals surface area contributed by atoms with E-state index >= 15 is 0 Å². The molecule has 0 saturated heterocycles. The Morgan fingerprint density at radius 2 is 1.76 bits per heavy atom. The Morgan fingerprint density at radius 3 is 2.45 bits per heavy atom. The SMILES string of the molecule is CCOc1ccccc1C(=O)NCC(=O)OCC(=O)NC(C)c1ccc(Cl)cc1. The summed E-state index contributed by atoms with van der Waals surface area (Å²) in [4.78, 5) is 36.0. The molecule has 0 bridgehead atoms. The molecule has 0 spiro atoms. The Hall–Kier alpha value is -3.06. The number of hydrogen-bond donors (Lipinski definition) is 2. The number of benzene rings is 2. The van der Waals surface area contributed by atoms with Crippen molar-refractivity contribution in [3.05, 3.63) is 64.7 Å². The molecule has 0 saturated carbocycles. The quantitative estimate of drug-likeness (QED) is 0.611. The number of carbonyl (C=O) groups is 3. The summed E-state index contributed by atoms with van der Waals surface area (Å²) in [5, 5.41) is 5.78. The van der Waals surface area contributed by atoms with Gasteiger partial charge in [-0.1, -0.05) is 35.9 Å². The lowest BCUT2D eigenvalue weighted by atomic mass is 10.1. The van der Waals surface area contributed by atoms with E-state index in [0.717, 1.165) is 5.56 Å². The zero-order valence-electron chi connectivity index (χ0n) is 16.2. The molecule has 0 radical (unpaired) electrons. The molecule has 2 aromatic carbocycles. The smallest absolute Gasteiger partial charge is 0.325 e. The number of ether oxygens (including phenoxy) is 2. The highest BCUT2D eigenvalue weighted by atomic mass is 35.5. The average Bonchev–Trinajstić information content (AvgIpc) is 2.71. The van der Waals surface area contributed by atoms with Crippen molar-refractivity contribution in [3.8, 4) is 5.75 Å². The fourth-order valence-electron chi connectivity index (χ4n) is 2.50. The van der Waals surface area contributed by atoms with Crippen molar-refractivity contribution in [2.24, 2.45) is 0 Å². The third-order valence-corrected chi connectivity index (χ3v) is 4.19. The largest absolute Gasteiger partial charge is 0.493 e. The lowest BCUT2D eigenvalue weighted by Gasteiger charge is -2.14. The number of halogens is 1. The first-order valence-electron chi connectivity index (χ1n) is 9.11. The van der Waals surface area contributed by atoms with Gasteiger partial charge in [-0.2, -0.15) is 0 Å². The molecule has 0 fully saturated rings. The van der Waals surface area contributed by atoms with Crippen LogP contribution in [-0.4, -0.2) is 37.5 Å². The molecule has 154 valence electrons. The Kier molecular flexibility index (Phi) is 8.48. The second kappa shape index (κ2) is 11.1. The zero-order chi connectivity index (χ0) is 21.2. The lowest BCUT2D eigenvalue weighted by Crippen LogP contribution is -2.34.